The lowest BCUT2D eigenvalue weighted by molar-refractivity contribution is 0.102. The van der Waals surface area contributed by atoms with E-state index in [1.54, 1.807) is 0 Å². The standard InChI is InChI=1S/C21H23BrN4O/c1-13-11-19(26(25-13)21(3,4)5)24-20(27)17-9-10-18(23-14(17)2)15-7-6-8-16(22)12-15/h6-12H,1-5H3,(H,24,27). The van der Waals surface area contributed by atoms with Crippen molar-refractivity contribution in [2.24, 2.45) is 0 Å². The molecule has 1 amide bonds. The molecule has 0 bridgehead atoms. The molecule has 0 radical (unpaired) electrons. The van der Waals surface area contributed by atoms with Gasteiger partial charge in [-0.2, -0.15) is 5.10 Å². The number of pyridine rings is 1. The van der Waals surface area contributed by atoms with E-state index in [2.05, 4.69) is 52.1 Å². The minimum absolute atomic E-state index is 0.189. The molecule has 0 aliphatic rings. The molecule has 0 spiro atoms. The van der Waals surface area contributed by atoms with Crippen molar-refractivity contribution in [2.45, 2.75) is 40.2 Å². The summed E-state index contributed by atoms with van der Waals surface area (Å²) in [5, 5.41) is 7.47. The largest absolute Gasteiger partial charge is 0.307 e. The Hall–Kier alpha value is -2.47. The van der Waals surface area contributed by atoms with E-state index >= 15 is 0 Å². The van der Waals surface area contributed by atoms with Crippen molar-refractivity contribution >= 4 is 27.7 Å². The van der Waals surface area contributed by atoms with Crippen molar-refractivity contribution in [3.05, 3.63) is 63.9 Å². The number of halogens is 1. The number of benzene rings is 1. The van der Waals surface area contributed by atoms with Crippen LogP contribution in [0.25, 0.3) is 11.3 Å². The summed E-state index contributed by atoms with van der Waals surface area (Å²) in [6, 6.07) is 13.5. The number of amides is 1. The van der Waals surface area contributed by atoms with Gasteiger partial charge >= 0.3 is 0 Å². The lowest BCUT2D eigenvalue weighted by Crippen LogP contribution is -2.27. The first-order chi connectivity index (χ1) is 12.6. The van der Waals surface area contributed by atoms with Gasteiger partial charge in [-0.15, -0.1) is 0 Å². The predicted molar refractivity (Wildman–Crippen MR) is 112 cm³/mol. The molecule has 2 heterocycles. The first kappa shape index (κ1) is 19.3. The highest BCUT2D eigenvalue weighted by molar-refractivity contribution is 9.10. The minimum Gasteiger partial charge on any atom is -0.307 e. The lowest BCUT2D eigenvalue weighted by atomic mass is 10.1. The molecule has 6 heteroatoms. The summed E-state index contributed by atoms with van der Waals surface area (Å²) in [5.74, 6) is 0.492. The van der Waals surface area contributed by atoms with Gasteiger partial charge in [0, 0.05) is 16.1 Å². The van der Waals surface area contributed by atoms with Crippen molar-refractivity contribution in [3.8, 4) is 11.3 Å². The maximum atomic E-state index is 12.8. The van der Waals surface area contributed by atoms with E-state index in [4.69, 9.17) is 0 Å². The Bertz CT molecular complexity index is 1000. The SMILES string of the molecule is Cc1cc(NC(=O)c2ccc(-c3cccc(Br)c3)nc2C)n(C(C)(C)C)n1. The summed E-state index contributed by atoms with van der Waals surface area (Å²) in [4.78, 5) is 17.4. The van der Waals surface area contributed by atoms with E-state index in [0.29, 0.717) is 17.1 Å². The second-order valence-electron chi connectivity index (χ2n) is 7.55. The second-order valence-corrected chi connectivity index (χ2v) is 8.46. The third-order valence-corrected chi connectivity index (χ3v) is 4.65. The number of aromatic nitrogens is 3. The van der Waals surface area contributed by atoms with Crippen molar-refractivity contribution in [1.29, 1.82) is 0 Å². The van der Waals surface area contributed by atoms with E-state index in [1.807, 2.05) is 61.0 Å². The van der Waals surface area contributed by atoms with E-state index in [1.165, 1.54) is 0 Å². The van der Waals surface area contributed by atoms with Gasteiger partial charge in [-0.3, -0.25) is 9.78 Å². The van der Waals surface area contributed by atoms with Crippen molar-refractivity contribution < 1.29 is 4.79 Å². The summed E-state index contributed by atoms with van der Waals surface area (Å²) < 4.78 is 2.82. The van der Waals surface area contributed by atoms with Crippen LogP contribution in [0.15, 0.2) is 46.9 Å². The van der Waals surface area contributed by atoms with Crippen LogP contribution >= 0.6 is 15.9 Å². The maximum Gasteiger partial charge on any atom is 0.258 e. The number of carbonyl (C=O) groups excluding carboxylic acids is 1. The van der Waals surface area contributed by atoms with Crippen LogP contribution in [0.2, 0.25) is 0 Å². The zero-order chi connectivity index (χ0) is 19.8. The molecule has 1 aromatic carbocycles. The molecule has 0 aliphatic heterocycles. The summed E-state index contributed by atoms with van der Waals surface area (Å²) in [5.41, 5.74) is 3.70. The van der Waals surface area contributed by atoms with Gasteiger partial charge in [0.1, 0.15) is 5.82 Å². The number of hydrogen-bond acceptors (Lipinski definition) is 3. The van der Waals surface area contributed by atoms with Crippen LogP contribution in [0.3, 0.4) is 0 Å². The number of nitrogens with one attached hydrogen (secondary N) is 1. The summed E-state index contributed by atoms with van der Waals surface area (Å²) >= 11 is 3.48. The summed E-state index contributed by atoms with van der Waals surface area (Å²) in [6.07, 6.45) is 0. The van der Waals surface area contributed by atoms with Crippen molar-refractivity contribution in [2.75, 3.05) is 5.32 Å². The molecule has 3 rings (SSSR count). The van der Waals surface area contributed by atoms with E-state index in [9.17, 15) is 4.79 Å². The quantitative estimate of drug-likeness (QED) is 0.615. The number of anilines is 1. The topological polar surface area (TPSA) is 59.8 Å². The number of nitrogens with zero attached hydrogens (tertiary/aromatic N) is 3. The average molecular weight is 427 g/mol. The summed E-state index contributed by atoms with van der Waals surface area (Å²) in [6.45, 7) is 9.91. The maximum absolute atomic E-state index is 12.8. The van der Waals surface area contributed by atoms with Crippen molar-refractivity contribution in [1.82, 2.24) is 14.8 Å². The molecule has 140 valence electrons. The molecule has 2 aromatic heterocycles. The molecule has 27 heavy (non-hydrogen) atoms. The van der Waals surface area contributed by atoms with Crippen LogP contribution in [-0.4, -0.2) is 20.7 Å². The molecule has 0 unspecified atom stereocenters. The predicted octanol–water partition coefficient (Wildman–Crippen LogP) is 5.33. The number of hydrogen-bond donors (Lipinski definition) is 1. The number of aryl methyl sites for hydroxylation is 2. The van der Waals surface area contributed by atoms with Gasteiger partial charge in [0.2, 0.25) is 0 Å². The molecule has 0 saturated heterocycles. The zero-order valence-corrected chi connectivity index (χ0v) is 17.8. The van der Waals surface area contributed by atoms with Gasteiger partial charge in [0.15, 0.2) is 0 Å². The molecule has 0 fully saturated rings. The molecule has 3 aromatic rings. The highest BCUT2D eigenvalue weighted by Gasteiger charge is 2.21. The molecule has 5 nitrogen and oxygen atoms in total. The Morgan fingerprint density at radius 3 is 2.48 bits per heavy atom. The van der Waals surface area contributed by atoms with Gasteiger partial charge in [0.05, 0.1) is 28.2 Å². The highest BCUT2D eigenvalue weighted by atomic mass is 79.9. The van der Waals surface area contributed by atoms with Crippen LogP contribution in [0.5, 0.6) is 0 Å². The molecule has 0 atom stereocenters. The van der Waals surface area contributed by atoms with Crippen LogP contribution in [0, 0.1) is 13.8 Å². The van der Waals surface area contributed by atoms with Gasteiger partial charge in [0.25, 0.3) is 5.91 Å². The monoisotopic (exact) mass is 426 g/mol. The van der Waals surface area contributed by atoms with Crippen LogP contribution in [0.4, 0.5) is 5.82 Å². The molecular formula is C21H23BrN4O. The van der Waals surface area contributed by atoms with Gasteiger partial charge in [-0.25, -0.2) is 4.68 Å². The average Bonchev–Trinajstić information content (AvgIpc) is 2.95. The normalized spacial score (nSPS) is 11.5. The Morgan fingerprint density at radius 2 is 1.85 bits per heavy atom. The zero-order valence-electron chi connectivity index (χ0n) is 16.2. The molecule has 1 N–H and O–H groups in total. The Balaban J connectivity index is 1.88. The Labute approximate surface area is 168 Å². The first-order valence-electron chi connectivity index (χ1n) is 8.77. The van der Waals surface area contributed by atoms with Crippen molar-refractivity contribution in [3.63, 3.8) is 0 Å². The van der Waals surface area contributed by atoms with E-state index in [-0.39, 0.29) is 11.4 Å². The Morgan fingerprint density at radius 1 is 1.11 bits per heavy atom. The van der Waals surface area contributed by atoms with E-state index < -0.39 is 0 Å². The van der Waals surface area contributed by atoms with E-state index in [0.717, 1.165) is 21.4 Å². The molecule has 0 aliphatic carbocycles. The second kappa shape index (κ2) is 7.27. The minimum atomic E-state index is -0.227. The summed E-state index contributed by atoms with van der Waals surface area (Å²) in [7, 11) is 0. The third kappa shape index (κ3) is 4.27. The molecular weight excluding hydrogens is 404 g/mol. The fourth-order valence-corrected chi connectivity index (χ4v) is 3.29. The number of rotatable bonds is 3. The van der Waals surface area contributed by atoms with Crippen LogP contribution in [-0.2, 0) is 5.54 Å². The van der Waals surface area contributed by atoms with Crippen LogP contribution < -0.4 is 5.32 Å². The lowest BCUT2D eigenvalue weighted by Gasteiger charge is -2.22. The third-order valence-electron chi connectivity index (χ3n) is 4.16. The Kier molecular flexibility index (Phi) is 5.20. The smallest absolute Gasteiger partial charge is 0.258 e. The number of carbonyl (C=O) groups is 1. The molecule has 0 saturated carbocycles. The van der Waals surface area contributed by atoms with Crippen LogP contribution in [0.1, 0.15) is 42.5 Å². The van der Waals surface area contributed by atoms with Gasteiger partial charge in [-0.1, -0.05) is 28.1 Å². The highest BCUT2D eigenvalue weighted by Crippen LogP contribution is 2.24. The first-order valence-corrected chi connectivity index (χ1v) is 9.56. The van der Waals surface area contributed by atoms with Gasteiger partial charge in [-0.05, 0) is 58.9 Å². The fraction of sp³-hybridized carbons (Fsp3) is 0.286. The fourth-order valence-electron chi connectivity index (χ4n) is 2.89. The van der Waals surface area contributed by atoms with Gasteiger partial charge < -0.3 is 5.32 Å².